The lowest BCUT2D eigenvalue weighted by atomic mass is 9.89. The second-order valence-corrected chi connectivity index (χ2v) is 10.3. The lowest BCUT2D eigenvalue weighted by Gasteiger charge is -2.37. The minimum absolute atomic E-state index is 0.285. The van der Waals surface area contributed by atoms with Gasteiger partial charge < -0.3 is 0 Å². The van der Waals surface area contributed by atoms with Crippen LogP contribution in [0.4, 0.5) is 0 Å². The fraction of sp³-hybridized carbons (Fsp3) is 0.450. The second kappa shape index (κ2) is 5.96. The third kappa shape index (κ3) is 2.68. The van der Waals surface area contributed by atoms with Crippen LogP contribution >= 0.6 is 0 Å². The molecular formula is C20H29Si. The zero-order valence-corrected chi connectivity index (χ0v) is 15.8. The highest BCUT2D eigenvalue weighted by molar-refractivity contribution is 6.76. The predicted octanol–water partition coefficient (Wildman–Crippen LogP) is 5.18. The molecule has 0 N–H and O–H groups in total. The molecule has 2 rings (SSSR count). The van der Waals surface area contributed by atoms with E-state index in [2.05, 4.69) is 78.4 Å². The van der Waals surface area contributed by atoms with E-state index < -0.39 is 8.80 Å². The van der Waals surface area contributed by atoms with E-state index >= 15 is 0 Å². The summed E-state index contributed by atoms with van der Waals surface area (Å²) in [6.07, 6.45) is 1.15. The maximum atomic E-state index is 2.52. The number of hydrogen-bond acceptors (Lipinski definition) is 0. The highest BCUT2D eigenvalue weighted by Gasteiger charge is 2.43. The van der Waals surface area contributed by atoms with Crippen LogP contribution in [-0.4, -0.2) is 8.80 Å². The maximum absolute atomic E-state index is 2.52. The lowest BCUT2D eigenvalue weighted by molar-refractivity contribution is 0.758. The Morgan fingerprint density at radius 1 is 1.00 bits per heavy atom. The monoisotopic (exact) mass is 297 g/mol. The van der Waals surface area contributed by atoms with Gasteiger partial charge in [0.25, 0.3) is 0 Å². The molecule has 113 valence electrons. The van der Waals surface area contributed by atoms with Gasteiger partial charge in [0, 0.05) is 5.04 Å². The van der Waals surface area contributed by atoms with Crippen molar-refractivity contribution in [1.29, 1.82) is 0 Å². The molecule has 1 aliphatic rings. The van der Waals surface area contributed by atoms with Crippen LogP contribution in [0.25, 0.3) is 0 Å². The highest BCUT2D eigenvalue weighted by Crippen LogP contribution is 2.56. The Balaban J connectivity index is 2.52. The molecule has 1 radical (unpaired) electrons. The lowest BCUT2D eigenvalue weighted by Crippen LogP contribution is -2.40. The summed E-state index contributed by atoms with van der Waals surface area (Å²) in [6.45, 7) is 16.6. The summed E-state index contributed by atoms with van der Waals surface area (Å²) >= 11 is 0. The fourth-order valence-electron chi connectivity index (χ4n) is 3.84. The van der Waals surface area contributed by atoms with Crippen LogP contribution in [0.5, 0.6) is 0 Å². The highest BCUT2D eigenvalue weighted by atomic mass is 28.3. The average Bonchev–Trinajstić information content (AvgIpc) is 2.63. The molecule has 2 unspecified atom stereocenters. The molecule has 0 amide bonds. The van der Waals surface area contributed by atoms with E-state index in [1.165, 1.54) is 11.5 Å². The molecular weight excluding hydrogens is 268 g/mol. The normalized spacial score (nSPS) is 24.2. The standard InChI is InChI=1S/C20H29Si/c1-14(2)13-19-16(4)15(3)17(5)20(19,6)21(7)18-11-9-8-10-12-18/h8-12,21H,13H2,1-7H3. The van der Waals surface area contributed by atoms with Crippen molar-refractivity contribution in [3.05, 3.63) is 58.5 Å². The Bertz CT molecular complexity index is 577. The van der Waals surface area contributed by atoms with Crippen molar-refractivity contribution in [3.8, 4) is 0 Å². The Kier molecular flexibility index (Phi) is 4.62. The van der Waals surface area contributed by atoms with Crippen molar-refractivity contribution < 1.29 is 0 Å². The second-order valence-electron chi connectivity index (χ2n) is 7.07. The van der Waals surface area contributed by atoms with Crippen molar-refractivity contribution in [3.63, 3.8) is 0 Å². The molecule has 1 aromatic rings. The van der Waals surface area contributed by atoms with Crippen LogP contribution in [0.3, 0.4) is 0 Å². The van der Waals surface area contributed by atoms with Gasteiger partial charge in [-0.2, -0.15) is 0 Å². The maximum Gasteiger partial charge on any atom is 0.0828 e. The summed E-state index contributed by atoms with van der Waals surface area (Å²) in [5, 5.41) is 1.86. The van der Waals surface area contributed by atoms with Crippen molar-refractivity contribution in [2.75, 3.05) is 0 Å². The number of benzene rings is 1. The smallest absolute Gasteiger partial charge is 0.0671 e. The van der Waals surface area contributed by atoms with Gasteiger partial charge in [-0.15, -0.1) is 0 Å². The Labute approximate surface area is 132 Å². The molecule has 21 heavy (non-hydrogen) atoms. The summed E-state index contributed by atoms with van der Waals surface area (Å²) in [4.78, 5) is 0. The van der Waals surface area contributed by atoms with Crippen LogP contribution in [0.1, 0.15) is 48.0 Å². The van der Waals surface area contributed by atoms with Gasteiger partial charge in [0.1, 0.15) is 0 Å². The first-order valence-electron chi connectivity index (χ1n) is 8.02. The molecule has 2 atom stereocenters. The number of hydrogen-bond donors (Lipinski definition) is 0. The zero-order valence-electron chi connectivity index (χ0n) is 14.7. The summed E-state index contributed by atoms with van der Waals surface area (Å²) < 4.78 is 0. The van der Waals surface area contributed by atoms with E-state index in [-0.39, 0.29) is 5.04 Å². The first-order valence-corrected chi connectivity index (χ1v) is 10.3. The van der Waals surface area contributed by atoms with E-state index in [1.807, 2.05) is 0 Å². The van der Waals surface area contributed by atoms with Crippen LogP contribution in [0.2, 0.25) is 11.6 Å². The minimum atomic E-state index is -1.11. The van der Waals surface area contributed by atoms with Crippen molar-refractivity contribution >= 4 is 14.0 Å². The van der Waals surface area contributed by atoms with Gasteiger partial charge in [0.05, 0.1) is 8.80 Å². The Hall–Kier alpha value is -1.08. The van der Waals surface area contributed by atoms with Crippen molar-refractivity contribution in [1.82, 2.24) is 0 Å². The molecule has 0 nitrogen and oxygen atoms in total. The SMILES string of the molecule is C[C](C)CC1=C(C)C(C)=C(C)C1(C)[SiH](C)c1ccccc1. The molecule has 0 saturated heterocycles. The molecule has 0 heterocycles. The number of allylic oxidation sites excluding steroid dienone is 4. The molecule has 0 spiro atoms. The van der Waals surface area contributed by atoms with Crippen LogP contribution in [0, 0.1) is 5.92 Å². The summed E-state index contributed by atoms with van der Waals surface area (Å²) in [5.41, 5.74) is 6.37. The van der Waals surface area contributed by atoms with Gasteiger partial charge in [-0.25, -0.2) is 0 Å². The van der Waals surface area contributed by atoms with Gasteiger partial charge in [-0.1, -0.05) is 74.0 Å². The van der Waals surface area contributed by atoms with E-state index in [4.69, 9.17) is 0 Å². The van der Waals surface area contributed by atoms with E-state index in [1.54, 1.807) is 21.9 Å². The van der Waals surface area contributed by atoms with Gasteiger partial charge >= 0.3 is 0 Å². The van der Waals surface area contributed by atoms with E-state index in [9.17, 15) is 0 Å². The summed E-state index contributed by atoms with van der Waals surface area (Å²) in [7, 11) is -1.11. The Morgan fingerprint density at radius 3 is 2.10 bits per heavy atom. The molecule has 0 bridgehead atoms. The molecule has 1 aromatic carbocycles. The third-order valence-electron chi connectivity index (χ3n) is 5.68. The van der Waals surface area contributed by atoms with E-state index in [0.29, 0.717) is 0 Å². The molecule has 0 aromatic heterocycles. The first-order chi connectivity index (χ1) is 9.80. The van der Waals surface area contributed by atoms with Crippen LogP contribution in [0.15, 0.2) is 52.6 Å². The molecule has 1 heteroatoms. The van der Waals surface area contributed by atoms with E-state index in [0.717, 1.165) is 6.42 Å². The predicted molar refractivity (Wildman–Crippen MR) is 97.7 cm³/mol. The quantitative estimate of drug-likeness (QED) is 0.672. The molecule has 0 fully saturated rings. The van der Waals surface area contributed by atoms with Crippen molar-refractivity contribution in [2.24, 2.45) is 0 Å². The minimum Gasteiger partial charge on any atom is -0.0671 e. The van der Waals surface area contributed by atoms with Gasteiger partial charge in [-0.05, 0) is 44.3 Å². The zero-order chi connectivity index (χ0) is 15.8. The number of rotatable bonds is 4. The summed E-state index contributed by atoms with van der Waals surface area (Å²) in [5.74, 6) is 1.52. The van der Waals surface area contributed by atoms with Crippen LogP contribution < -0.4 is 5.19 Å². The third-order valence-corrected chi connectivity index (χ3v) is 9.58. The molecule has 1 aliphatic carbocycles. The van der Waals surface area contributed by atoms with Gasteiger partial charge in [-0.3, -0.25) is 0 Å². The largest absolute Gasteiger partial charge is 0.0828 e. The van der Waals surface area contributed by atoms with Gasteiger partial charge in [0.2, 0.25) is 0 Å². The summed E-state index contributed by atoms with van der Waals surface area (Å²) in [6, 6.07) is 11.2. The van der Waals surface area contributed by atoms with Crippen LogP contribution in [-0.2, 0) is 0 Å². The topological polar surface area (TPSA) is 0 Å². The first kappa shape index (κ1) is 16.3. The Morgan fingerprint density at radius 2 is 1.57 bits per heavy atom. The average molecular weight is 298 g/mol. The molecule has 0 saturated carbocycles. The van der Waals surface area contributed by atoms with Gasteiger partial charge in [0.15, 0.2) is 0 Å². The fourth-order valence-corrected chi connectivity index (χ4v) is 7.02. The molecule has 0 aliphatic heterocycles. The van der Waals surface area contributed by atoms with Crippen molar-refractivity contribution in [2.45, 2.75) is 59.5 Å².